The van der Waals surface area contributed by atoms with Crippen LogP contribution in [0.3, 0.4) is 0 Å². The lowest BCUT2D eigenvalue weighted by Crippen LogP contribution is -2.46. The van der Waals surface area contributed by atoms with Crippen molar-refractivity contribution in [2.75, 3.05) is 6.54 Å². The van der Waals surface area contributed by atoms with Crippen LogP contribution in [0.15, 0.2) is 23.7 Å². The Morgan fingerprint density at radius 3 is 3.00 bits per heavy atom. The molecule has 122 valence electrons. The van der Waals surface area contributed by atoms with Crippen LogP contribution in [0.4, 0.5) is 0 Å². The quantitative estimate of drug-likeness (QED) is 0.938. The van der Waals surface area contributed by atoms with Crippen molar-refractivity contribution in [1.82, 2.24) is 19.8 Å². The number of amides is 1. The van der Waals surface area contributed by atoms with Crippen LogP contribution in [0.25, 0.3) is 0 Å². The first-order valence-electron chi connectivity index (χ1n) is 8.36. The van der Waals surface area contributed by atoms with E-state index in [1.165, 1.54) is 19.3 Å². The number of hydrogen-bond acceptors (Lipinski definition) is 4. The Bertz CT molecular complexity index is 690. The van der Waals surface area contributed by atoms with Crippen molar-refractivity contribution in [2.45, 2.75) is 51.4 Å². The minimum atomic E-state index is -0.0808. The second-order valence-corrected chi connectivity index (χ2v) is 7.47. The van der Waals surface area contributed by atoms with Crippen LogP contribution < -0.4 is 5.32 Å². The summed E-state index contributed by atoms with van der Waals surface area (Å²) in [6.07, 6.45) is 5.87. The second-order valence-electron chi connectivity index (χ2n) is 6.44. The molecular formula is C17H22N4OS. The number of imidazole rings is 1. The molecule has 1 amide bonds. The molecule has 4 rings (SSSR count). The highest BCUT2D eigenvalue weighted by Crippen LogP contribution is 2.34. The fourth-order valence-corrected chi connectivity index (χ4v) is 4.15. The predicted octanol–water partition coefficient (Wildman–Crippen LogP) is 2.80. The van der Waals surface area contributed by atoms with E-state index in [0.717, 1.165) is 23.8 Å². The molecular weight excluding hydrogens is 308 g/mol. The number of nitrogens with one attached hydrogen (secondary N) is 1. The molecule has 0 spiro atoms. The van der Waals surface area contributed by atoms with E-state index in [9.17, 15) is 4.79 Å². The molecule has 2 aliphatic rings. The van der Waals surface area contributed by atoms with Gasteiger partial charge in [0.25, 0.3) is 5.91 Å². The van der Waals surface area contributed by atoms with Crippen molar-refractivity contribution < 1.29 is 4.79 Å². The number of rotatable bonds is 4. The first-order valence-corrected chi connectivity index (χ1v) is 9.24. The van der Waals surface area contributed by atoms with Crippen molar-refractivity contribution >= 4 is 17.2 Å². The van der Waals surface area contributed by atoms with Gasteiger partial charge in [0.05, 0.1) is 12.6 Å². The number of thiophene rings is 1. The predicted molar refractivity (Wildman–Crippen MR) is 90.5 cm³/mol. The standard InChI is InChI=1S/C17H22N4OS/c1-12-16-19-15(17(22)18-10-14-6-3-9-23-14)11-20(16)7-8-21(12)13-4-2-5-13/h3,6,9,11-13H,2,4-5,7-8,10H2,1H3,(H,18,22). The third-order valence-corrected chi connectivity index (χ3v) is 5.93. The largest absolute Gasteiger partial charge is 0.346 e. The van der Waals surface area contributed by atoms with Crippen LogP contribution >= 0.6 is 11.3 Å². The van der Waals surface area contributed by atoms with Crippen molar-refractivity contribution in [3.05, 3.63) is 40.1 Å². The molecule has 1 atom stereocenters. The Morgan fingerprint density at radius 2 is 2.30 bits per heavy atom. The zero-order valence-electron chi connectivity index (χ0n) is 13.4. The van der Waals surface area contributed by atoms with Gasteiger partial charge in [-0.15, -0.1) is 11.3 Å². The first-order chi connectivity index (χ1) is 11.2. The van der Waals surface area contributed by atoms with Crippen molar-refractivity contribution in [2.24, 2.45) is 0 Å². The number of carbonyl (C=O) groups excluding carboxylic acids is 1. The Morgan fingerprint density at radius 1 is 1.43 bits per heavy atom. The van der Waals surface area contributed by atoms with Crippen LogP contribution in [-0.2, 0) is 13.1 Å². The zero-order chi connectivity index (χ0) is 15.8. The number of fused-ring (bicyclic) bond motifs is 1. The van der Waals surface area contributed by atoms with E-state index >= 15 is 0 Å². The van der Waals surface area contributed by atoms with E-state index in [-0.39, 0.29) is 5.91 Å². The molecule has 6 heteroatoms. The molecule has 0 saturated heterocycles. The molecule has 1 fully saturated rings. The lowest BCUT2D eigenvalue weighted by atomic mass is 9.90. The third kappa shape index (κ3) is 2.81. The molecule has 2 aromatic heterocycles. The molecule has 1 N–H and O–H groups in total. The molecule has 5 nitrogen and oxygen atoms in total. The van der Waals surface area contributed by atoms with Crippen molar-refractivity contribution in [3.63, 3.8) is 0 Å². The van der Waals surface area contributed by atoms with Gasteiger partial charge in [-0.2, -0.15) is 0 Å². The van der Waals surface area contributed by atoms with Gasteiger partial charge < -0.3 is 9.88 Å². The summed E-state index contributed by atoms with van der Waals surface area (Å²) in [7, 11) is 0. The number of nitrogens with zero attached hydrogens (tertiary/aromatic N) is 3. The van der Waals surface area contributed by atoms with Crippen LogP contribution in [0, 0.1) is 0 Å². The highest BCUT2D eigenvalue weighted by atomic mass is 32.1. The number of carbonyl (C=O) groups is 1. The Balaban J connectivity index is 1.46. The highest BCUT2D eigenvalue weighted by Gasteiger charge is 2.34. The minimum Gasteiger partial charge on any atom is -0.346 e. The summed E-state index contributed by atoms with van der Waals surface area (Å²) in [5.74, 6) is 0.951. The van der Waals surface area contributed by atoms with Gasteiger partial charge in [0, 0.05) is 30.2 Å². The summed E-state index contributed by atoms with van der Waals surface area (Å²) in [6.45, 7) is 4.78. The summed E-state index contributed by atoms with van der Waals surface area (Å²) < 4.78 is 2.15. The molecule has 1 unspecified atom stereocenters. The van der Waals surface area contributed by atoms with E-state index < -0.39 is 0 Å². The fraction of sp³-hybridized carbons (Fsp3) is 0.529. The summed E-state index contributed by atoms with van der Waals surface area (Å²) in [4.78, 5) is 20.7. The maximum atomic E-state index is 12.4. The lowest BCUT2D eigenvalue weighted by molar-refractivity contribution is 0.0614. The van der Waals surface area contributed by atoms with Crippen molar-refractivity contribution in [1.29, 1.82) is 0 Å². The Labute approximate surface area is 140 Å². The second kappa shape index (κ2) is 6.09. The molecule has 3 heterocycles. The maximum absolute atomic E-state index is 12.4. The van der Waals surface area contributed by atoms with Crippen LogP contribution in [0.2, 0.25) is 0 Å². The third-order valence-electron chi connectivity index (χ3n) is 5.06. The van der Waals surface area contributed by atoms with Crippen LogP contribution in [-0.4, -0.2) is 32.9 Å². The molecule has 0 radical (unpaired) electrons. The molecule has 0 bridgehead atoms. The molecule has 1 aliphatic carbocycles. The Kier molecular flexibility index (Phi) is 3.95. The van der Waals surface area contributed by atoms with E-state index in [1.807, 2.05) is 23.7 Å². The topological polar surface area (TPSA) is 50.2 Å². The SMILES string of the molecule is CC1c2nc(C(=O)NCc3cccs3)cn2CCN1C1CCC1. The van der Waals surface area contributed by atoms with Crippen LogP contribution in [0.1, 0.15) is 53.4 Å². The fourth-order valence-electron chi connectivity index (χ4n) is 3.51. The Hall–Kier alpha value is -1.66. The van der Waals surface area contributed by atoms with Gasteiger partial charge in [-0.05, 0) is 31.2 Å². The smallest absolute Gasteiger partial charge is 0.271 e. The molecule has 23 heavy (non-hydrogen) atoms. The lowest BCUT2D eigenvalue weighted by Gasteiger charge is -2.43. The van der Waals surface area contributed by atoms with Crippen LogP contribution in [0.5, 0.6) is 0 Å². The highest BCUT2D eigenvalue weighted by molar-refractivity contribution is 7.09. The van der Waals surface area contributed by atoms with Gasteiger partial charge >= 0.3 is 0 Å². The monoisotopic (exact) mass is 330 g/mol. The molecule has 1 saturated carbocycles. The average molecular weight is 330 g/mol. The first kappa shape index (κ1) is 14.9. The van der Waals surface area contributed by atoms with E-state index in [0.29, 0.717) is 24.3 Å². The van der Waals surface area contributed by atoms with Gasteiger partial charge in [-0.1, -0.05) is 12.5 Å². The van der Waals surface area contributed by atoms with Gasteiger partial charge in [-0.3, -0.25) is 9.69 Å². The molecule has 1 aliphatic heterocycles. The number of aromatic nitrogens is 2. The van der Waals surface area contributed by atoms with Gasteiger partial charge in [0.1, 0.15) is 11.5 Å². The summed E-state index contributed by atoms with van der Waals surface area (Å²) in [5, 5.41) is 4.99. The number of hydrogen-bond donors (Lipinski definition) is 1. The van der Waals surface area contributed by atoms with E-state index in [2.05, 4.69) is 26.7 Å². The van der Waals surface area contributed by atoms with Gasteiger partial charge in [-0.25, -0.2) is 4.98 Å². The minimum absolute atomic E-state index is 0.0808. The maximum Gasteiger partial charge on any atom is 0.271 e. The van der Waals surface area contributed by atoms with Gasteiger partial charge in [0.15, 0.2) is 0 Å². The van der Waals surface area contributed by atoms with Crippen molar-refractivity contribution in [3.8, 4) is 0 Å². The van der Waals surface area contributed by atoms with E-state index in [1.54, 1.807) is 11.3 Å². The summed E-state index contributed by atoms with van der Waals surface area (Å²) in [6, 6.07) is 5.04. The molecule has 2 aromatic rings. The summed E-state index contributed by atoms with van der Waals surface area (Å²) in [5.41, 5.74) is 0.541. The summed E-state index contributed by atoms with van der Waals surface area (Å²) >= 11 is 1.65. The normalized spacial score (nSPS) is 21.7. The van der Waals surface area contributed by atoms with E-state index in [4.69, 9.17) is 0 Å². The average Bonchev–Trinajstić information content (AvgIpc) is 3.15. The van der Waals surface area contributed by atoms with Gasteiger partial charge in [0.2, 0.25) is 0 Å². The molecule has 0 aromatic carbocycles. The zero-order valence-corrected chi connectivity index (χ0v) is 14.2.